The molecule has 2 atom stereocenters. The average Bonchev–Trinajstić information content (AvgIpc) is 3.17. The molecule has 3 rings (SSSR count). The average molecular weight is 334 g/mol. The fraction of sp³-hybridized carbons (Fsp3) is 0.333. The first-order valence-corrected chi connectivity index (χ1v) is 7.54. The van der Waals surface area contributed by atoms with E-state index in [2.05, 4.69) is 38.5 Å². The Morgan fingerprint density at radius 2 is 2.20 bits per heavy atom. The van der Waals surface area contributed by atoms with Crippen LogP contribution in [0.5, 0.6) is 0 Å². The minimum atomic E-state index is 0.141. The summed E-state index contributed by atoms with van der Waals surface area (Å²) in [6.07, 6.45) is 4.60. The summed E-state index contributed by atoms with van der Waals surface area (Å²) in [7, 11) is 0. The number of carbonyl (C=O) groups is 1. The fourth-order valence-electron chi connectivity index (χ4n) is 2.44. The molecule has 5 heteroatoms. The lowest BCUT2D eigenvalue weighted by atomic mass is 10.1. The molecule has 4 nitrogen and oxygen atoms in total. The molecule has 0 saturated heterocycles. The van der Waals surface area contributed by atoms with Crippen molar-refractivity contribution in [2.24, 2.45) is 5.92 Å². The number of nitrogens with zero attached hydrogens (tertiary/aromatic N) is 2. The standard InChI is InChI=1S/C15H16BrN3O/c16-12-9-18-19(10-12)7-6-17-15(20)14-8-13(14)11-4-2-1-3-5-11/h1-5,9-10,13-14H,6-8H2,(H,17,20). The third-order valence-corrected chi connectivity index (χ3v) is 4.01. The van der Waals surface area contributed by atoms with E-state index in [1.807, 2.05) is 29.1 Å². The second-order valence-electron chi connectivity index (χ2n) is 5.07. The van der Waals surface area contributed by atoms with E-state index in [1.165, 1.54) is 5.56 Å². The molecule has 1 aliphatic rings. The Morgan fingerprint density at radius 1 is 1.40 bits per heavy atom. The zero-order chi connectivity index (χ0) is 13.9. The molecular weight excluding hydrogens is 318 g/mol. The zero-order valence-electron chi connectivity index (χ0n) is 11.0. The molecule has 1 saturated carbocycles. The first kappa shape index (κ1) is 13.4. The van der Waals surface area contributed by atoms with E-state index in [0.717, 1.165) is 10.9 Å². The monoisotopic (exact) mass is 333 g/mol. The van der Waals surface area contributed by atoms with Crippen LogP contribution in [0.25, 0.3) is 0 Å². The first-order valence-electron chi connectivity index (χ1n) is 6.74. The van der Waals surface area contributed by atoms with Gasteiger partial charge in [0.1, 0.15) is 0 Å². The third-order valence-electron chi connectivity index (χ3n) is 3.60. The van der Waals surface area contributed by atoms with Crippen LogP contribution < -0.4 is 5.32 Å². The Hall–Kier alpha value is -1.62. The van der Waals surface area contributed by atoms with Gasteiger partial charge in [0.05, 0.1) is 17.2 Å². The zero-order valence-corrected chi connectivity index (χ0v) is 12.6. The summed E-state index contributed by atoms with van der Waals surface area (Å²) in [4.78, 5) is 12.0. The summed E-state index contributed by atoms with van der Waals surface area (Å²) in [5.41, 5.74) is 1.27. The minimum absolute atomic E-state index is 0.141. The van der Waals surface area contributed by atoms with Crippen LogP contribution in [-0.2, 0) is 11.3 Å². The molecule has 2 aromatic rings. The van der Waals surface area contributed by atoms with Gasteiger partial charge in [-0.25, -0.2) is 0 Å². The van der Waals surface area contributed by atoms with Gasteiger partial charge in [0.25, 0.3) is 0 Å². The van der Waals surface area contributed by atoms with Gasteiger partial charge >= 0.3 is 0 Å². The Morgan fingerprint density at radius 3 is 2.90 bits per heavy atom. The molecule has 1 N–H and O–H groups in total. The Balaban J connectivity index is 1.45. The van der Waals surface area contributed by atoms with Gasteiger partial charge in [-0.1, -0.05) is 30.3 Å². The number of carbonyl (C=O) groups excluding carboxylic acids is 1. The van der Waals surface area contributed by atoms with Crippen molar-refractivity contribution in [2.75, 3.05) is 6.54 Å². The molecule has 2 unspecified atom stereocenters. The summed E-state index contributed by atoms with van der Waals surface area (Å²) in [5, 5.41) is 7.14. The van der Waals surface area contributed by atoms with Crippen molar-refractivity contribution in [1.82, 2.24) is 15.1 Å². The number of rotatable bonds is 5. The molecule has 1 heterocycles. The minimum Gasteiger partial charge on any atom is -0.354 e. The van der Waals surface area contributed by atoms with Crippen LogP contribution in [0.3, 0.4) is 0 Å². The van der Waals surface area contributed by atoms with Crippen LogP contribution in [0.2, 0.25) is 0 Å². The fourth-order valence-corrected chi connectivity index (χ4v) is 2.77. The van der Waals surface area contributed by atoms with E-state index >= 15 is 0 Å². The van der Waals surface area contributed by atoms with Gasteiger partial charge in [0.2, 0.25) is 5.91 Å². The predicted molar refractivity (Wildman–Crippen MR) is 80.2 cm³/mol. The maximum atomic E-state index is 12.0. The Bertz CT molecular complexity index is 596. The molecular formula is C15H16BrN3O. The van der Waals surface area contributed by atoms with Gasteiger partial charge in [-0.2, -0.15) is 5.10 Å². The largest absolute Gasteiger partial charge is 0.354 e. The van der Waals surface area contributed by atoms with Crippen LogP contribution in [0.1, 0.15) is 17.9 Å². The molecule has 20 heavy (non-hydrogen) atoms. The van der Waals surface area contributed by atoms with Crippen molar-refractivity contribution < 1.29 is 4.79 Å². The molecule has 1 fully saturated rings. The highest BCUT2D eigenvalue weighted by Gasteiger charge is 2.43. The van der Waals surface area contributed by atoms with Gasteiger partial charge in [0.15, 0.2) is 0 Å². The summed E-state index contributed by atoms with van der Waals surface area (Å²) in [6, 6.07) is 10.2. The number of amides is 1. The maximum Gasteiger partial charge on any atom is 0.223 e. The summed E-state index contributed by atoms with van der Waals surface area (Å²) >= 11 is 3.35. The van der Waals surface area contributed by atoms with E-state index < -0.39 is 0 Å². The smallest absolute Gasteiger partial charge is 0.223 e. The van der Waals surface area contributed by atoms with Crippen LogP contribution in [0, 0.1) is 5.92 Å². The highest BCUT2D eigenvalue weighted by atomic mass is 79.9. The van der Waals surface area contributed by atoms with Crippen molar-refractivity contribution in [3.05, 3.63) is 52.8 Å². The van der Waals surface area contributed by atoms with Gasteiger partial charge in [-0.05, 0) is 33.8 Å². The van der Waals surface area contributed by atoms with E-state index in [9.17, 15) is 4.79 Å². The topological polar surface area (TPSA) is 46.9 Å². The predicted octanol–water partition coefficient (Wildman–Crippen LogP) is 2.57. The van der Waals surface area contributed by atoms with Crippen LogP contribution >= 0.6 is 15.9 Å². The number of halogens is 1. The lowest BCUT2D eigenvalue weighted by molar-refractivity contribution is -0.122. The van der Waals surface area contributed by atoms with E-state index in [1.54, 1.807) is 6.20 Å². The van der Waals surface area contributed by atoms with Crippen molar-refractivity contribution in [3.8, 4) is 0 Å². The molecule has 0 bridgehead atoms. The first-order chi connectivity index (χ1) is 9.74. The lowest BCUT2D eigenvalue weighted by Gasteiger charge is -2.05. The molecule has 1 aromatic heterocycles. The summed E-state index contributed by atoms with van der Waals surface area (Å²) < 4.78 is 2.77. The number of hydrogen-bond acceptors (Lipinski definition) is 2. The van der Waals surface area contributed by atoms with Crippen LogP contribution in [0.4, 0.5) is 0 Å². The normalized spacial score (nSPS) is 20.6. The molecule has 1 aliphatic carbocycles. The van der Waals surface area contributed by atoms with E-state index in [0.29, 0.717) is 19.0 Å². The quantitative estimate of drug-likeness (QED) is 0.914. The number of nitrogens with one attached hydrogen (secondary N) is 1. The highest BCUT2D eigenvalue weighted by Crippen LogP contribution is 2.47. The highest BCUT2D eigenvalue weighted by molar-refractivity contribution is 9.10. The van der Waals surface area contributed by atoms with E-state index in [-0.39, 0.29) is 11.8 Å². The Kier molecular flexibility index (Phi) is 3.87. The lowest BCUT2D eigenvalue weighted by Crippen LogP contribution is -2.29. The number of hydrogen-bond donors (Lipinski definition) is 1. The summed E-state index contributed by atoms with van der Waals surface area (Å²) in [6.45, 7) is 1.31. The van der Waals surface area contributed by atoms with Crippen molar-refractivity contribution in [1.29, 1.82) is 0 Å². The van der Waals surface area contributed by atoms with E-state index in [4.69, 9.17) is 0 Å². The van der Waals surface area contributed by atoms with Gasteiger partial charge < -0.3 is 5.32 Å². The van der Waals surface area contributed by atoms with Crippen molar-refractivity contribution in [2.45, 2.75) is 18.9 Å². The second-order valence-corrected chi connectivity index (χ2v) is 5.99. The van der Waals surface area contributed by atoms with Crippen LogP contribution in [0.15, 0.2) is 47.2 Å². The number of aromatic nitrogens is 2. The van der Waals surface area contributed by atoms with Gasteiger partial charge in [-0.15, -0.1) is 0 Å². The summed E-state index contributed by atoms with van der Waals surface area (Å²) in [5.74, 6) is 0.696. The molecule has 0 aliphatic heterocycles. The molecule has 1 aromatic carbocycles. The van der Waals surface area contributed by atoms with Gasteiger partial charge in [-0.3, -0.25) is 9.48 Å². The maximum absolute atomic E-state index is 12.0. The molecule has 0 spiro atoms. The Labute approximate surface area is 126 Å². The van der Waals surface area contributed by atoms with Crippen molar-refractivity contribution >= 4 is 21.8 Å². The second kappa shape index (κ2) is 5.79. The molecule has 104 valence electrons. The SMILES string of the molecule is O=C(NCCn1cc(Br)cn1)C1CC1c1ccccc1. The van der Waals surface area contributed by atoms with Crippen molar-refractivity contribution in [3.63, 3.8) is 0 Å². The number of benzene rings is 1. The van der Waals surface area contributed by atoms with Gasteiger partial charge in [0, 0.05) is 18.7 Å². The molecule has 1 amide bonds. The molecule has 0 radical (unpaired) electrons. The van der Waals surface area contributed by atoms with Crippen LogP contribution in [-0.4, -0.2) is 22.2 Å². The third kappa shape index (κ3) is 3.10.